The lowest BCUT2D eigenvalue weighted by atomic mass is 10.00. The molecule has 0 aliphatic carbocycles. The molecule has 1 saturated heterocycles. The van der Waals surface area contributed by atoms with Gasteiger partial charge in [-0.1, -0.05) is 0 Å². The van der Waals surface area contributed by atoms with Crippen molar-refractivity contribution >= 4 is 5.91 Å². The molecule has 2 heterocycles. The van der Waals surface area contributed by atoms with Crippen LogP contribution in [0.5, 0.6) is 0 Å². The van der Waals surface area contributed by atoms with Crippen LogP contribution in [0.1, 0.15) is 18.5 Å². The first-order valence-electron chi connectivity index (χ1n) is 5.57. The van der Waals surface area contributed by atoms with Crippen molar-refractivity contribution in [2.24, 2.45) is 5.92 Å². The molecule has 4 heteroatoms. The zero-order valence-electron chi connectivity index (χ0n) is 9.68. The van der Waals surface area contributed by atoms with Gasteiger partial charge in [0.25, 0.3) is 0 Å². The highest BCUT2D eigenvalue weighted by Crippen LogP contribution is 2.20. The van der Waals surface area contributed by atoms with Gasteiger partial charge in [0.1, 0.15) is 0 Å². The molecule has 1 unspecified atom stereocenters. The zero-order chi connectivity index (χ0) is 11.5. The van der Waals surface area contributed by atoms with Crippen molar-refractivity contribution in [2.75, 3.05) is 20.1 Å². The summed E-state index contributed by atoms with van der Waals surface area (Å²) in [6.07, 6.45) is 3.52. The minimum absolute atomic E-state index is 0.107. The molecule has 16 heavy (non-hydrogen) atoms. The standard InChI is InChI=1S/C12H17N3O/c1-9(10-3-5-13-6-4-10)15(2)12(16)11-7-14-8-11/h3-6,9,11,14H,7-8H2,1-2H3. The van der Waals surface area contributed by atoms with Crippen molar-refractivity contribution < 1.29 is 4.79 Å². The highest BCUT2D eigenvalue weighted by atomic mass is 16.2. The van der Waals surface area contributed by atoms with Gasteiger partial charge >= 0.3 is 0 Å². The van der Waals surface area contributed by atoms with Crippen LogP contribution >= 0.6 is 0 Å². The first kappa shape index (κ1) is 11.1. The highest BCUT2D eigenvalue weighted by Gasteiger charge is 2.29. The highest BCUT2D eigenvalue weighted by molar-refractivity contribution is 5.80. The van der Waals surface area contributed by atoms with Crippen LogP contribution in [0.3, 0.4) is 0 Å². The van der Waals surface area contributed by atoms with Crippen molar-refractivity contribution in [3.05, 3.63) is 30.1 Å². The fourth-order valence-electron chi connectivity index (χ4n) is 1.81. The number of carbonyl (C=O) groups is 1. The summed E-state index contributed by atoms with van der Waals surface area (Å²) >= 11 is 0. The van der Waals surface area contributed by atoms with Crippen LogP contribution < -0.4 is 5.32 Å². The van der Waals surface area contributed by atoms with Crippen molar-refractivity contribution in [1.82, 2.24) is 15.2 Å². The maximum Gasteiger partial charge on any atom is 0.228 e. The van der Waals surface area contributed by atoms with E-state index in [9.17, 15) is 4.79 Å². The molecule has 0 aromatic carbocycles. The topological polar surface area (TPSA) is 45.2 Å². The van der Waals surface area contributed by atoms with E-state index in [0.29, 0.717) is 0 Å². The van der Waals surface area contributed by atoms with Gasteiger partial charge in [-0.05, 0) is 24.6 Å². The normalized spacial score (nSPS) is 17.6. The van der Waals surface area contributed by atoms with Crippen LogP contribution in [0.25, 0.3) is 0 Å². The van der Waals surface area contributed by atoms with Gasteiger partial charge in [0.15, 0.2) is 0 Å². The summed E-state index contributed by atoms with van der Waals surface area (Å²) < 4.78 is 0. The predicted molar refractivity (Wildman–Crippen MR) is 61.8 cm³/mol. The average molecular weight is 219 g/mol. The fraction of sp³-hybridized carbons (Fsp3) is 0.500. The quantitative estimate of drug-likeness (QED) is 0.818. The molecule has 1 aromatic rings. The van der Waals surface area contributed by atoms with E-state index >= 15 is 0 Å². The second kappa shape index (κ2) is 4.61. The van der Waals surface area contributed by atoms with Crippen LogP contribution in [0.15, 0.2) is 24.5 Å². The third-order valence-electron chi connectivity index (χ3n) is 3.25. The first-order valence-corrected chi connectivity index (χ1v) is 5.57. The molecule has 4 nitrogen and oxygen atoms in total. The molecule has 0 spiro atoms. The van der Waals surface area contributed by atoms with E-state index in [2.05, 4.69) is 10.3 Å². The number of hydrogen-bond donors (Lipinski definition) is 1. The first-order chi connectivity index (χ1) is 7.70. The summed E-state index contributed by atoms with van der Waals surface area (Å²) in [4.78, 5) is 17.8. The van der Waals surface area contributed by atoms with Crippen molar-refractivity contribution in [3.8, 4) is 0 Å². The Morgan fingerprint density at radius 3 is 2.62 bits per heavy atom. The Morgan fingerprint density at radius 1 is 1.50 bits per heavy atom. The minimum atomic E-state index is 0.107. The predicted octanol–water partition coefficient (Wildman–Crippen LogP) is 0.820. The third kappa shape index (κ3) is 2.07. The molecule has 0 saturated carbocycles. The Morgan fingerprint density at radius 2 is 2.12 bits per heavy atom. The molecule has 1 atom stereocenters. The van der Waals surface area contributed by atoms with E-state index in [-0.39, 0.29) is 17.9 Å². The van der Waals surface area contributed by atoms with Crippen LogP contribution in [0.2, 0.25) is 0 Å². The molecule has 86 valence electrons. The Bertz CT molecular complexity index is 362. The van der Waals surface area contributed by atoms with Crippen molar-refractivity contribution in [2.45, 2.75) is 13.0 Å². The number of nitrogens with one attached hydrogen (secondary N) is 1. The summed E-state index contributed by atoms with van der Waals surface area (Å²) in [7, 11) is 1.87. The van der Waals surface area contributed by atoms with Gasteiger partial charge in [-0.2, -0.15) is 0 Å². The Balaban J connectivity index is 2.03. The molecule has 1 aliphatic rings. The van der Waals surface area contributed by atoms with Gasteiger partial charge < -0.3 is 10.2 Å². The number of rotatable bonds is 3. The molecule has 2 rings (SSSR count). The Labute approximate surface area is 95.7 Å². The number of carbonyl (C=O) groups excluding carboxylic acids is 1. The fourth-order valence-corrected chi connectivity index (χ4v) is 1.81. The summed E-state index contributed by atoms with van der Waals surface area (Å²) in [6, 6.07) is 4.01. The zero-order valence-corrected chi connectivity index (χ0v) is 9.68. The average Bonchev–Trinajstić information content (AvgIpc) is 2.26. The van der Waals surface area contributed by atoms with E-state index in [4.69, 9.17) is 0 Å². The smallest absolute Gasteiger partial charge is 0.228 e. The minimum Gasteiger partial charge on any atom is -0.339 e. The third-order valence-corrected chi connectivity index (χ3v) is 3.25. The number of nitrogens with zero attached hydrogens (tertiary/aromatic N) is 2. The van der Waals surface area contributed by atoms with Gasteiger partial charge in [-0.25, -0.2) is 0 Å². The van der Waals surface area contributed by atoms with Gasteiger partial charge in [-0.3, -0.25) is 9.78 Å². The van der Waals surface area contributed by atoms with E-state index in [1.54, 1.807) is 12.4 Å². The monoisotopic (exact) mass is 219 g/mol. The lowest BCUT2D eigenvalue weighted by Gasteiger charge is -2.33. The van der Waals surface area contributed by atoms with Crippen LogP contribution in [-0.2, 0) is 4.79 Å². The Kier molecular flexibility index (Phi) is 3.19. The molecule has 1 N–H and O–H groups in total. The van der Waals surface area contributed by atoms with Gasteiger partial charge in [0.05, 0.1) is 12.0 Å². The van der Waals surface area contributed by atoms with E-state index in [0.717, 1.165) is 18.7 Å². The summed E-state index contributed by atoms with van der Waals surface area (Å²) in [5, 5.41) is 3.12. The van der Waals surface area contributed by atoms with Gasteiger partial charge in [-0.15, -0.1) is 0 Å². The number of pyridine rings is 1. The largest absolute Gasteiger partial charge is 0.339 e. The molecule has 0 bridgehead atoms. The summed E-state index contributed by atoms with van der Waals surface area (Å²) in [5.74, 6) is 0.386. The van der Waals surface area contributed by atoms with Crippen molar-refractivity contribution in [1.29, 1.82) is 0 Å². The van der Waals surface area contributed by atoms with E-state index in [1.807, 2.05) is 31.0 Å². The maximum atomic E-state index is 12.0. The molecule has 1 fully saturated rings. The lowest BCUT2D eigenvalue weighted by molar-refractivity contribution is -0.137. The van der Waals surface area contributed by atoms with E-state index in [1.165, 1.54) is 0 Å². The summed E-state index contributed by atoms with van der Waals surface area (Å²) in [5.41, 5.74) is 1.12. The SMILES string of the molecule is CC(c1ccncc1)N(C)C(=O)C1CNC1. The molecule has 1 aliphatic heterocycles. The molecule has 0 radical (unpaired) electrons. The number of hydrogen-bond acceptors (Lipinski definition) is 3. The maximum absolute atomic E-state index is 12.0. The molecular weight excluding hydrogens is 202 g/mol. The van der Waals surface area contributed by atoms with Gasteiger partial charge in [0.2, 0.25) is 5.91 Å². The Hall–Kier alpha value is -1.42. The second-order valence-corrected chi connectivity index (χ2v) is 4.26. The summed E-state index contributed by atoms with van der Waals surface area (Å²) in [6.45, 7) is 3.66. The lowest BCUT2D eigenvalue weighted by Crippen LogP contribution is -2.51. The van der Waals surface area contributed by atoms with Crippen LogP contribution in [-0.4, -0.2) is 35.9 Å². The van der Waals surface area contributed by atoms with Crippen LogP contribution in [0.4, 0.5) is 0 Å². The van der Waals surface area contributed by atoms with Crippen molar-refractivity contribution in [3.63, 3.8) is 0 Å². The molecule has 1 aromatic heterocycles. The van der Waals surface area contributed by atoms with E-state index < -0.39 is 0 Å². The molecular formula is C12H17N3O. The van der Waals surface area contributed by atoms with Crippen LogP contribution in [0, 0.1) is 5.92 Å². The second-order valence-electron chi connectivity index (χ2n) is 4.26. The number of amides is 1. The molecule has 1 amide bonds. The number of aromatic nitrogens is 1. The van der Waals surface area contributed by atoms with Gasteiger partial charge in [0, 0.05) is 32.5 Å².